The molecular weight excluding hydrogens is 222 g/mol. The Morgan fingerprint density at radius 1 is 1.71 bits per heavy atom. The number of aliphatic hydroxyl groups excluding tert-OH is 1. The molecule has 17 heavy (non-hydrogen) atoms. The molecule has 94 valence electrons. The number of methoxy groups -OCH3 is 1. The highest BCUT2D eigenvalue weighted by Crippen LogP contribution is 2.13. The molecule has 0 aliphatic rings. The Labute approximate surface area is 100 Å². The quantitative estimate of drug-likeness (QED) is 0.706. The van der Waals surface area contributed by atoms with E-state index in [1.165, 1.54) is 13.3 Å². The van der Waals surface area contributed by atoms with Crippen LogP contribution >= 0.6 is 0 Å². The summed E-state index contributed by atoms with van der Waals surface area (Å²) in [7, 11) is 3.33. The summed E-state index contributed by atoms with van der Waals surface area (Å²) in [6.07, 6.45) is 0.921. The van der Waals surface area contributed by atoms with Crippen LogP contribution in [0, 0.1) is 0 Å². The molecule has 0 aliphatic carbocycles. The van der Waals surface area contributed by atoms with Gasteiger partial charge in [0.1, 0.15) is 5.69 Å². The van der Waals surface area contributed by atoms with Crippen molar-refractivity contribution < 1.29 is 14.6 Å². The molecule has 0 spiro atoms. The number of ether oxygens (including phenoxy) is 1. The molecule has 1 unspecified atom stereocenters. The predicted molar refractivity (Wildman–Crippen MR) is 63.9 cm³/mol. The molecule has 6 nitrogen and oxygen atoms in total. The Morgan fingerprint density at radius 3 is 3.00 bits per heavy atom. The largest absolute Gasteiger partial charge is 0.389 e. The number of rotatable bonds is 6. The molecule has 0 bridgehead atoms. The number of hydrogen-bond donors (Lipinski definition) is 2. The predicted octanol–water partition coefficient (Wildman–Crippen LogP) is -0.376. The monoisotopic (exact) mass is 239 g/mol. The second-order valence-electron chi connectivity index (χ2n) is 3.75. The number of hydrogen-bond acceptors (Lipinski definition) is 5. The van der Waals surface area contributed by atoms with Crippen molar-refractivity contribution in [3.63, 3.8) is 0 Å². The van der Waals surface area contributed by atoms with Crippen molar-refractivity contribution in [2.24, 2.45) is 5.73 Å². The zero-order valence-electron chi connectivity index (χ0n) is 9.96. The van der Waals surface area contributed by atoms with Crippen LogP contribution in [-0.2, 0) is 4.74 Å². The van der Waals surface area contributed by atoms with E-state index < -0.39 is 12.0 Å². The van der Waals surface area contributed by atoms with E-state index in [9.17, 15) is 9.90 Å². The standard InChI is InChI=1S/C11H17N3O3/c1-14(6-9(15)7-17-2)8-3-4-13-10(5-8)11(12)16/h3-5,9,15H,6-7H2,1-2H3,(H2,12,16). The summed E-state index contributed by atoms with van der Waals surface area (Å²) < 4.78 is 4.84. The number of amides is 1. The zero-order chi connectivity index (χ0) is 12.8. The minimum Gasteiger partial charge on any atom is -0.389 e. The first-order valence-corrected chi connectivity index (χ1v) is 5.18. The van der Waals surface area contributed by atoms with Gasteiger partial charge in [-0.3, -0.25) is 9.78 Å². The molecule has 0 radical (unpaired) electrons. The molecule has 0 fully saturated rings. The average molecular weight is 239 g/mol. The molecule has 1 rings (SSSR count). The van der Waals surface area contributed by atoms with Crippen molar-refractivity contribution in [2.45, 2.75) is 6.10 Å². The van der Waals surface area contributed by atoms with E-state index >= 15 is 0 Å². The third kappa shape index (κ3) is 4.01. The van der Waals surface area contributed by atoms with Crippen LogP contribution in [0.5, 0.6) is 0 Å². The fourth-order valence-corrected chi connectivity index (χ4v) is 1.46. The van der Waals surface area contributed by atoms with Crippen molar-refractivity contribution in [1.82, 2.24) is 4.98 Å². The second-order valence-corrected chi connectivity index (χ2v) is 3.75. The first-order chi connectivity index (χ1) is 8.04. The van der Waals surface area contributed by atoms with Gasteiger partial charge in [-0.05, 0) is 12.1 Å². The minimum atomic E-state index is -0.588. The molecule has 1 heterocycles. The van der Waals surface area contributed by atoms with E-state index in [0.29, 0.717) is 6.54 Å². The summed E-state index contributed by atoms with van der Waals surface area (Å²) in [6.45, 7) is 0.661. The second kappa shape index (κ2) is 6.17. The topological polar surface area (TPSA) is 88.7 Å². The van der Waals surface area contributed by atoms with E-state index in [4.69, 9.17) is 10.5 Å². The van der Waals surface area contributed by atoms with Gasteiger partial charge in [-0.2, -0.15) is 0 Å². The van der Waals surface area contributed by atoms with Gasteiger partial charge in [0.25, 0.3) is 5.91 Å². The number of nitrogens with two attached hydrogens (primary N) is 1. The van der Waals surface area contributed by atoms with Crippen molar-refractivity contribution in [2.75, 3.05) is 32.2 Å². The van der Waals surface area contributed by atoms with Crippen molar-refractivity contribution >= 4 is 11.6 Å². The molecule has 1 atom stereocenters. The SMILES string of the molecule is COCC(O)CN(C)c1ccnc(C(N)=O)c1. The van der Waals surface area contributed by atoms with E-state index in [1.54, 1.807) is 24.1 Å². The molecule has 1 aromatic heterocycles. The Bertz CT molecular complexity index is 384. The Hall–Kier alpha value is -1.66. The molecule has 0 aromatic carbocycles. The summed E-state index contributed by atoms with van der Waals surface area (Å²) in [6, 6.07) is 3.33. The van der Waals surface area contributed by atoms with Crippen LogP contribution in [0.25, 0.3) is 0 Å². The highest BCUT2D eigenvalue weighted by atomic mass is 16.5. The zero-order valence-corrected chi connectivity index (χ0v) is 9.96. The van der Waals surface area contributed by atoms with Gasteiger partial charge in [0.15, 0.2) is 0 Å². The van der Waals surface area contributed by atoms with Gasteiger partial charge in [0.2, 0.25) is 0 Å². The van der Waals surface area contributed by atoms with Gasteiger partial charge in [0.05, 0.1) is 12.7 Å². The number of nitrogens with zero attached hydrogens (tertiary/aromatic N) is 2. The lowest BCUT2D eigenvalue weighted by Gasteiger charge is -2.22. The first kappa shape index (κ1) is 13.4. The Balaban J connectivity index is 2.71. The van der Waals surface area contributed by atoms with Gasteiger partial charge in [0, 0.05) is 32.6 Å². The van der Waals surface area contributed by atoms with E-state index in [1.807, 2.05) is 0 Å². The third-order valence-corrected chi connectivity index (χ3v) is 2.28. The van der Waals surface area contributed by atoms with Gasteiger partial charge in [-0.1, -0.05) is 0 Å². The fourth-order valence-electron chi connectivity index (χ4n) is 1.46. The van der Waals surface area contributed by atoms with E-state index in [-0.39, 0.29) is 12.3 Å². The molecule has 1 amide bonds. The summed E-state index contributed by atoms with van der Waals surface area (Å²) >= 11 is 0. The van der Waals surface area contributed by atoms with E-state index in [2.05, 4.69) is 4.98 Å². The maximum atomic E-state index is 11.0. The minimum absolute atomic E-state index is 0.204. The van der Waals surface area contributed by atoms with E-state index in [0.717, 1.165) is 5.69 Å². The number of carbonyl (C=O) groups excluding carboxylic acids is 1. The van der Waals surface area contributed by atoms with Crippen LogP contribution in [0.2, 0.25) is 0 Å². The Morgan fingerprint density at radius 2 is 2.41 bits per heavy atom. The van der Waals surface area contributed by atoms with Gasteiger partial charge >= 0.3 is 0 Å². The lowest BCUT2D eigenvalue weighted by molar-refractivity contribution is 0.0695. The normalized spacial score (nSPS) is 12.2. The lowest BCUT2D eigenvalue weighted by Crippen LogP contribution is -2.32. The molecule has 1 aromatic rings. The summed E-state index contributed by atoms with van der Waals surface area (Å²) in [4.78, 5) is 16.6. The van der Waals surface area contributed by atoms with Crippen LogP contribution < -0.4 is 10.6 Å². The van der Waals surface area contributed by atoms with Crippen molar-refractivity contribution in [1.29, 1.82) is 0 Å². The average Bonchev–Trinajstić information content (AvgIpc) is 2.29. The highest BCUT2D eigenvalue weighted by molar-refractivity contribution is 5.91. The number of likely N-dealkylation sites (N-methyl/N-ethyl adjacent to an activating group) is 1. The molecule has 6 heteroatoms. The molecule has 0 saturated heterocycles. The van der Waals surface area contributed by atoms with Crippen LogP contribution in [0.15, 0.2) is 18.3 Å². The first-order valence-electron chi connectivity index (χ1n) is 5.18. The summed E-state index contributed by atoms with van der Waals surface area (Å²) in [5.41, 5.74) is 6.11. The number of aromatic nitrogens is 1. The number of pyridine rings is 1. The number of carbonyl (C=O) groups is 1. The smallest absolute Gasteiger partial charge is 0.267 e. The fraction of sp³-hybridized carbons (Fsp3) is 0.455. The number of anilines is 1. The third-order valence-electron chi connectivity index (χ3n) is 2.28. The van der Waals surface area contributed by atoms with Crippen LogP contribution in [0.4, 0.5) is 5.69 Å². The van der Waals surface area contributed by atoms with Crippen molar-refractivity contribution in [3.8, 4) is 0 Å². The number of aliphatic hydroxyl groups is 1. The molecule has 3 N–H and O–H groups in total. The van der Waals surface area contributed by atoms with Crippen LogP contribution in [-0.4, -0.2) is 49.4 Å². The summed E-state index contributed by atoms with van der Waals surface area (Å²) in [5, 5.41) is 9.59. The molecular formula is C11H17N3O3. The number of primary amides is 1. The maximum Gasteiger partial charge on any atom is 0.267 e. The van der Waals surface area contributed by atoms with Crippen molar-refractivity contribution in [3.05, 3.63) is 24.0 Å². The Kier molecular flexibility index (Phi) is 4.86. The van der Waals surface area contributed by atoms with Crippen LogP contribution in [0.1, 0.15) is 10.5 Å². The van der Waals surface area contributed by atoms with Gasteiger partial charge in [-0.15, -0.1) is 0 Å². The summed E-state index contributed by atoms with van der Waals surface area (Å²) in [5.74, 6) is -0.572. The highest BCUT2D eigenvalue weighted by Gasteiger charge is 2.10. The molecule has 0 saturated carbocycles. The van der Waals surface area contributed by atoms with Gasteiger partial charge in [-0.25, -0.2) is 0 Å². The van der Waals surface area contributed by atoms with Crippen LogP contribution in [0.3, 0.4) is 0 Å². The maximum absolute atomic E-state index is 11.0. The molecule has 0 aliphatic heterocycles. The lowest BCUT2D eigenvalue weighted by atomic mass is 10.2. The van der Waals surface area contributed by atoms with Gasteiger partial charge < -0.3 is 20.5 Å².